The van der Waals surface area contributed by atoms with Crippen LogP contribution in [0.4, 0.5) is 0 Å². The fraction of sp³-hybridized carbons (Fsp3) is 0. The van der Waals surface area contributed by atoms with Crippen LogP contribution < -0.4 is 0 Å². The first-order chi connectivity index (χ1) is 5.90. The quantitative estimate of drug-likeness (QED) is 0.689. The predicted molar refractivity (Wildman–Crippen MR) is 50.8 cm³/mol. The Balaban J connectivity index is 2.41. The monoisotopic (exact) mass is 195 g/mol. The molecule has 0 aliphatic rings. The Bertz CT molecular complexity index is 377. The number of carbonyl (C=O) groups is 1. The van der Waals surface area contributed by atoms with E-state index in [1.807, 2.05) is 22.9 Å². The van der Waals surface area contributed by atoms with Crippen molar-refractivity contribution in [1.29, 1.82) is 0 Å². The molecule has 4 heteroatoms. The fourth-order valence-corrected chi connectivity index (χ4v) is 2.26. The van der Waals surface area contributed by atoms with Crippen molar-refractivity contribution in [3.8, 4) is 10.6 Å². The van der Waals surface area contributed by atoms with Crippen LogP contribution in [0, 0.1) is 0 Å². The molecule has 0 saturated heterocycles. The van der Waals surface area contributed by atoms with Gasteiger partial charge in [-0.1, -0.05) is 6.07 Å². The van der Waals surface area contributed by atoms with Crippen molar-refractivity contribution in [3.05, 3.63) is 27.9 Å². The van der Waals surface area contributed by atoms with E-state index >= 15 is 0 Å². The highest BCUT2D eigenvalue weighted by atomic mass is 32.1. The Hall–Kier alpha value is -1.00. The first-order valence-corrected chi connectivity index (χ1v) is 5.10. The summed E-state index contributed by atoms with van der Waals surface area (Å²) in [5.41, 5.74) is 0.900. The Kier molecular flexibility index (Phi) is 2.01. The molecule has 0 unspecified atom stereocenters. The summed E-state index contributed by atoms with van der Waals surface area (Å²) in [7, 11) is 0. The highest BCUT2D eigenvalue weighted by Gasteiger charge is 2.03. The summed E-state index contributed by atoms with van der Waals surface area (Å²) >= 11 is 3.00. The van der Waals surface area contributed by atoms with Crippen LogP contribution in [0.15, 0.2) is 22.9 Å². The molecule has 2 nitrogen and oxygen atoms in total. The van der Waals surface area contributed by atoms with E-state index in [1.54, 1.807) is 11.3 Å². The lowest BCUT2D eigenvalue weighted by atomic mass is 10.4. The van der Waals surface area contributed by atoms with Gasteiger partial charge in [0.05, 0.1) is 10.6 Å². The number of hydrogen-bond donors (Lipinski definition) is 0. The molecule has 0 aromatic carbocycles. The van der Waals surface area contributed by atoms with Crippen LogP contribution in [0.5, 0.6) is 0 Å². The van der Waals surface area contributed by atoms with E-state index in [9.17, 15) is 4.79 Å². The van der Waals surface area contributed by atoms with Gasteiger partial charge < -0.3 is 0 Å². The van der Waals surface area contributed by atoms with E-state index in [1.165, 1.54) is 11.3 Å². The summed E-state index contributed by atoms with van der Waals surface area (Å²) in [5, 5.41) is 4.43. The van der Waals surface area contributed by atoms with Gasteiger partial charge in [0.15, 0.2) is 11.3 Å². The molecular formula is C8H5NOS2. The van der Waals surface area contributed by atoms with Crippen LogP contribution in [-0.2, 0) is 0 Å². The van der Waals surface area contributed by atoms with Gasteiger partial charge in [0, 0.05) is 5.38 Å². The maximum Gasteiger partial charge on any atom is 0.178 e. The normalized spacial score (nSPS) is 10.0. The van der Waals surface area contributed by atoms with Crippen molar-refractivity contribution in [1.82, 2.24) is 4.98 Å². The van der Waals surface area contributed by atoms with E-state index in [0.717, 1.165) is 16.9 Å². The molecule has 2 aromatic heterocycles. The second-order valence-corrected chi connectivity index (χ2v) is 4.00. The number of rotatable bonds is 2. The molecule has 2 aromatic rings. The van der Waals surface area contributed by atoms with Gasteiger partial charge in [-0.05, 0) is 11.4 Å². The van der Waals surface area contributed by atoms with Crippen LogP contribution in [0.2, 0.25) is 0 Å². The molecule has 0 amide bonds. The molecule has 0 aliphatic carbocycles. The summed E-state index contributed by atoms with van der Waals surface area (Å²) in [5.74, 6) is 0. The van der Waals surface area contributed by atoms with Crippen LogP contribution in [-0.4, -0.2) is 11.3 Å². The lowest BCUT2D eigenvalue weighted by Gasteiger charge is -1.84. The minimum absolute atomic E-state index is 0.540. The smallest absolute Gasteiger partial charge is 0.178 e. The first kappa shape index (κ1) is 7.64. The van der Waals surface area contributed by atoms with Gasteiger partial charge in [0.25, 0.3) is 0 Å². The topological polar surface area (TPSA) is 30.0 Å². The highest BCUT2D eigenvalue weighted by Crippen LogP contribution is 2.25. The zero-order valence-electron chi connectivity index (χ0n) is 6.06. The third kappa shape index (κ3) is 1.31. The zero-order chi connectivity index (χ0) is 8.39. The molecule has 2 rings (SSSR count). The van der Waals surface area contributed by atoms with Crippen molar-refractivity contribution in [2.45, 2.75) is 0 Å². The molecule has 60 valence electrons. The lowest BCUT2D eigenvalue weighted by Crippen LogP contribution is -1.75. The summed E-state index contributed by atoms with van der Waals surface area (Å²) < 4.78 is 0. The van der Waals surface area contributed by atoms with Gasteiger partial charge in [0.1, 0.15) is 0 Å². The molecule has 2 heterocycles. The molecule has 0 atom stereocenters. The molecular weight excluding hydrogens is 190 g/mol. The van der Waals surface area contributed by atoms with E-state index in [4.69, 9.17) is 0 Å². The lowest BCUT2D eigenvalue weighted by molar-refractivity contribution is 0.112. The number of carbonyl (C=O) groups excluding carboxylic acids is 1. The third-order valence-electron chi connectivity index (χ3n) is 1.40. The number of aromatic nitrogens is 1. The molecule has 0 N–H and O–H groups in total. The second kappa shape index (κ2) is 3.16. The summed E-state index contributed by atoms with van der Waals surface area (Å²) in [6.45, 7) is 0. The van der Waals surface area contributed by atoms with Crippen molar-refractivity contribution in [2.24, 2.45) is 0 Å². The Morgan fingerprint density at radius 2 is 2.33 bits per heavy atom. The minimum atomic E-state index is 0.540. The molecule has 0 saturated carbocycles. The molecule has 0 radical (unpaired) electrons. The van der Waals surface area contributed by atoms with Crippen LogP contribution in [0.1, 0.15) is 9.80 Å². The van der Waals surface area contributed by atoms with Crippen LogP contribution >= 0.6 is 22.7 Å². The third-order valence-corrected chi connectivity index (χ3v) is 3.06. The largest absolute Gasteiger partial charge is 0.295 e. The Morgan fingerprint density at radius 1 is 1.42 bits per heavy atom. The van der Waals surface area contributed by atoms with Gasteiger partial charge in [0.2, 0.25) is 0 Å². The van der Waals surface area contributed by atoms with Gasteiger partial charge >= 0.3 is 0 Å². The molecule has 0 bridgehead atoms. The minimum Gasteiger partial charge on any atom is -0.295 e. The fourth-order valence-electron chi connectivity index (χ4n) is 0.879. The van der Waals surface area contributed by atoms with E-state index in [-0.39, 0.29) is 0 Å². The number of aldehydes is 1. The first-order valence-electron chi connectivity index (χ1n) is 3.35. The second-order valence-electron chi connectivity index (χ2n) is 2.17. The number of hydrogen-bond acceptors (Lipinski definition) is 4. The SMILES string of the molecule is O=Cc1nc(-c2cccs2)cs1. The number of nitrogens with zero attached hydrogens (tertiary/aromatic N) is 1. The predicted octanol–water partition coefficient (Wildman–Crippen LogP) is 2.68. The van der Waals surface area contributed by atoms with Crippen molar-refractivity contribution < 1.29 is 4.79 Å². The maximum absolute atomic E-state index is 10.3. The van der Waals surface area contributed by atoms with Crippen molar-refractivity contribution in [3.63, 3.8) is 0 Å². The number of thiazole rings is 1. The summed E-state index contributed by atoms with van der Waals surface area (Å²) in [6, 6.07) is 3.97. The molecule has 12 heavy (non-hydrogen) atoms. The Labute approximate surface area is 77.5 Å². The van der Waals surface area contributed by atoms with Crippen molar-refractivity contribution >= 4 is 29.0 Å². The van der Waals surface area contributed by atoms with Crippen LogP contribution in [0.3, 0.4) is 0 Å². The molecule has 0 fully saturated rings. The van der Waals surface area contributed by atoms with Gasteiger partial charge in [-0.3, -0.25) is 4.79 Å². The average Bonchev–Trinajstić information content (AvgIpc) is 2.75. The van der Waals surface area contributed by atoms with Gasteiger partial charge in [-0.2, -0.15) is 0 Å². The zero-order valence-corrected chi connectivity index (χ0v) is 7.69. The average molecular weight is 195 g/mol. The van der Waals surface area contributed by atoms with Gasteiger partial charge in [-0.25, -0.2) is 4.98 Å². The standard InChI is InChI=1S/C8H5NOS2/c10-4-8-9-6(5-12-8)7-2-1-3-11-7/h1-5H. The van der Waals surface area contributed by atoms with Crippen molar-refractivity contribution in [2.75, 3.05) is 0 Å². The molecule has 0 spiro atoms. The number of thiophene rings is 1. The Morgan fingerprint density at radius 3 is 2.92 bits per heavy atom. The van der Waals surface area contributed by atoms with Crippen LogP contribution in [0.25, 0.3) is 10.6 Å². The summed E-state index contributed by atoms with van der Waals surface area (Å²) in [4.78, 5) is 15.6. The highest BCUT2D eigenvalue weighted by molar-refractivity contribution is 7.14. The van der Waals surface area contributed by atoms with Gasteiger partial charge in [-0.15, -0.1) is 22.7 Å². The summed E-state index contributed by atoms with van der Waals surface area (Å²) in [6.07, 6.45) is 0.780. The van der Waals surface area contributed by atoms with E-state index in [2.05, 4.69) is 4.98 Å². The molecule has 0 aliphatic heterocycles. The maximum atomic E-state index is 10.3. The van der Waals surface area contributed by atoms with E-state index < -0.39 is 0 Å². The van der Waals surface area contributed by atoms with E-state index in [0.29, 0.717) is 5.01 Å².